The second-order valence-corrected chi connectivity index (χ2v) is 4.78. The molecule has 2 aromatic rings. The highest BCUT2D eigenvalue weighted by molar-refractivity contribution is 5.45. The summed E-state index contributed by atoms with van der Waals surface area (Å²) in [5, 5.41) is 3.10. The topological polar surface area (TPSA) is 38.0 Å². The van der Waals surface area contributed by atoms with Gasteiger partial charge in [0.2, 0.25) is 0 Å². The number of anilines is 1. The monoisotopic (exact) mass is 294 g/mol. The van der Waals surface area contributed by atoms with Crippen molar-refractivity contribution in [3.8, 4) is 0 Å². The summed E-state index contributed by atoms with van der Waals surface area (Å²) in [6.45, 7) is 1.18. The van der Waals surface area contributed by atoms with Crippen LogP contribution in [0.5, 0.6) is 0 Å². The van der Waals surface area contributed by atoms with Gasteiger partial charge in [0, 0.05) is 12.2 Å². The van der Waals surface area contributed by atoms with Crippen LogP contribution in [-0.2, 0) is 19.1 Å². The van der Waals surface area contributed by atoms with E-state index in [1.165, 1.54) is 17.7 Å². The smallest absolute Gasteiger partial charge is 0.381 e. The van der Waals surface area contributed by atoms with Crippen molar-refractivity contribution in [3.63, 3.8) is 0 Å². The second kappa shape index (κ2) is 6.63. The van der Waals surface area contributed by atoms with E-state index in [4.69, 9.17) is 5.73 Å². The van der Waals surface area contributed by atoms with Crippen LogP contribution < -0.4 is 11.1 Å². The minimum absolute atomic E-state index is 0.564. The van der Waals surface area contributed by atoms with E-state index in [2.05, 4.69) is 5.32 Å². The van der Waals surface area contributed by atoms with Crippen molar-refractivity contribution in [2.24, 2.45) is 5.73 Å². The molecule has 0 saturated heterocycles. The van der Waals surface area contributed by atoms with Crippen LogP contribution in [0.4, 0.5) is 18.9 Å². The summed E-state index contributed by atoms with van der Waals surface area (Å²) in [6, 6.07) is 13.0. The first-order valence-corrected chi connectivity index (χ1v) is 6.68. The van der Waals surface area contributed by atoms with Crippen LogP contribution in [0.1, 0.15) is 16.7 Å². The van der Waals surface area contributed by atoms with Gasteiger partial charge in [-0.15, -0.1) is 0 Å². The van der Waals surface area contributed by atoms with Gasteiger partial charge in [0.15, 0.2) is 0 Å². The summed E-state index contributed by atoms with van der Waals surface area (Å²) in [5.74, 6) is 0. The maximum Gasteiger partial charge on any atom is 0.416 e. The zero-order valence-corrected chi connectivity index (χ0v) is 11.5. The number of nitrogens with two attached hydrogens (primary N) is 1. The Kier molecular flexibility index (Phi) is 4.85. The molecule has 0 fully saturated rings. The van der Waals surface area contributed by atoms with Crippen LogP contribution in [0.2, 0.25) is 0 Å². The third kappa shape index (κ3) is 4.49. The summed E-state index contributed by atoms with van der Waals surface area (Å²) in [4.78, 5) is 0. The van der Waals surface area contributed by atoms with E-state index < -0.39 is 11.7 Å². The predicted molar refractivity (Wildman–Crippen MR) is 78.0 cm³/mol. The molecule has 0 radical (unpaired) electrons. The molecule has 21 heavy (non-hydrogen) atoms. The average molecular weight is 294 g/mol. The van der Waals surface area contributed by atoms with Crippen molar-refractivity contribution < 1.29 is 13.2 Å². The molecule has 0 aliphatic rings. The molecular formula is C16H17F3N2. The number of rotatable bonds is 5. The molecule has 0 aromatic heterocycles. The fourth-order valence-electron chi connectivity index (χ4n) is 1.97. The first-order chi connectivity index (χ1) is 9.99. The molecule has 0 aliphatic carbocycles. The highest BCUT2D eigenvalue weighted by Gasteiger charge is 2.29. The van der Waals surface area contributed by atoms with E-state index in [0.717, 1.165) is 24.1 Å². The standard InChI is InChI=1S/C16H17F3N2/c17-16(18,19)14-5-7-15(8-6-14)21-11-13-3-1-12(2-4-13)9-10-20/h1-8,21H,9-11,20H2. The Bertz CT molecular complexity index is 560. The third-order valence-corrected chi connectivity index (χ3v) is 3.16. The molecule has 0 saturated carbocycles. The van der Waals surface area contributed by atoms with Gasteiger partial charge in [-0.1, -0.05) is 24.3 Å². The summed E-state index contributed by atoms with van der Waals surface area (Å²) in [6.07, 6.45) is -3.45. The maximum absolute atomic E-state index is 12.4. The predicted octanol–water partition coefficient (Wildman–Crippen LogP) is 3.82. The lowest BCUT2D eigenvalue weighted by atomic mass is 10.1. The first-order valence-electron chi connectivity index (χ1n) is 6.68. The summed E-state index contributed by atoms with van der Waals surface area (Å²) in [7, 11) is 0. The average Bonchev–Trinajstić information content (AvgIpc) is 2.46. The molecule has 0 spiro atoms. The fraction of sp³-hybridized carbons (Fsp3) is 0.250. The van der Waals surface area contributed by atoms with E-state index >= 15 is 0 Å². The highest BCUT2D eigenvalue weighted by Crippen LogP contribution is 2.29. The van der Waals surface area contributed by atoms with Crippen molar-refractivity contribution in [2.75, 3.05) is 11.9 Å². The van der Waals surface area contributed by atoms with E-state index in [9.17, 15) is 13.2 Å². The molecule has 0 aliphatic heterocycles. The van der Waals surface area contributed by atoms with Crippen LogP contribution in [-0.4, -0.2) is 6.54 Å². The number of nitrogens with one attached hydrogen (secondary N) is 1. The summed E-state index contributed by atoms with van der Waals surface area (Å²) < 4.78 is 37.3. The fourth-order valence-corrected chi connectivity index (χ4v) is 1.97. The Morgan fingerprint density at radius 3 is 1.95 bits per heavy atom. The van der Waals surface area contributed by atoms with Crippen LogP contribution in [0.25, 0.3) is 0 Å². The number of hydrogen-bond donors (Lipinski definition) is 2. The van der Waals surface area contributed by atoms with Crippen molar-refractivity contribution in [1.82, 2.24) is 0 Å². The quantitative estimate of drug-likeness (QED) is 0.880. The molecule has 0 amide bonds. The van der Waals surface area contributed by atoms with Crippen LogP contribution in [0.3, 0.4) is 0 Å². The Morgan fingerprint density at radius 2 is 1.43 bits per heavy atom. The maximum atomic E-state index is 12.4. The molecule has 2 aromatic carbocycles. The summed E-state index contributed by atoms with van der Waals surface area (Å²) >= 11 is 0. The highest BCUT2D eigenvalue weighted by atomic mass is 19.4. The molecule has 2 nitrogen and oxygen atoms in total. The van der Waals surface area contributed by atoms with Gasteiger partial charge in [-0.3, -0.25) is 0 Å². The minimum atomic E-state index is -4.29. The van der Waals surface area contributed by atoms with Crippen molar-refractivity contribution in [1.29, 1.82) is 0 Å². The molecular weight excluding hydrogens is 277 g/mol. The lowest BCUT2D eigenvalue weighted by Crippen LogP contribution is -2.05. The van der Waals surface area contributed by atoms with Crippen LogP contribution in [0.15, 0.2) is 48.5 Å². The Morgan fingerprint density at radius 1 is 0.857 bits per heavy atom. The number of hydrogen-bond acceptors (Lipinski definition) is 2. The van der Waals surface area contributed by atoms with Gasteiger partial charge < -0.3 is 11.1 Å². The number of halogens is 3. The van der Waals surface area contributed by atoms with E-state index in [0.29, 0.717) is 18.8 Å². The SMILES string of the molecule is NCCc1ccc(CNc2ccc(C(F)(F)F)cc2)cc1. The lowest BCUT2D eigenvalue weighted by molar-refractivity contribution is -0.137. The van der Waals surface area contributed by atoms with Crippen molar-refractivity contribution in [2.45, 2.75) is 19.1 Å². The van der Waals surface area contributed by atoms with E-state index in [1.807, 2.05) is 24.3 Å². The zero-order valence-electron chi connectivity index (χ0n) is 11.5. The second-order valence-electron chi connectivity index (χ2n) is 4.78. The minimum Gasteiger partial charge on any atom is -0.381 e. The molecule has 2 rings (SSSR count). The van der Waals surface area contributed by atoms with Gasteiger partial charge in [0.05, 0.1) is 5.56 Å². The van der Waals surface area contributed by atoms with Crippen molar-refractivity contribution in [3.05, 3.63) is 65.2 Å². The van der Waals surface area contributed by atoms with Crippen LogP contribution in [0, 0.1) is 0 Å². The van der Waals surface area contributed by atoms with Gasteiger partial charge in [0.25, 0.3) is 0 Å². The van der Waals surface area contributed by atoms with E-state index in [1.54, 1.807) is 0 Å². The summed E-state index contributed by atoms with van der Waals surface area (Å²) in [5.41, 5.74) is 7.75. The van der Waals surface area contributed by atoms with Gasteiger partial charge in [-0.05, 0) is 48.4 Å². The Hall–Kier alpha value is -2.01. The molecule has 112 valence electrons. The Labute approximate surface area is 121 Å². The molecule has 3 N–H and O–H groups in total. The Balaban J connectivity index is 1.93. The normalized spacial score (nSPS) is 11.4. The van der Waals surface area contributed by atoms with Crippen LogP contribution >= 0.6 is 0 Å². The number of alkyl halides is 3. The first kappa shape index (κ1) is 15.4. The zero-order chi connectivity index (χ0) is 15.3. The molecule has 0 bridgehead atoms. The van der Waals surface area contributed by atoms with Gasteiger partial charge in [0.1, 0.15) is 0 Å². The molecule has 5 heteroatoms. The van der Waals surface area contributed by atoms with E-state index in [-0.39, 0.29) is 0 Å². The van der Waals surface area contributed by atoms with Crippen molar-refractivity contribution >= 4 is 5.69 Å². The largest absolute Gasteiger partial charge is 0.416 e. The van der Waals surface area contributed by atoms with Gasteiger partial charge >= 0.3 is 6.18 Å². The van der Waals surface area contributed by atoms with Gasteiger partial charge in [-0.2, -0.15) is 13.2 Å². The number of benzene rings is 2. The van der Waals surface area contributed by atoms with Gasteiger partial charge in [-0.25, -0.2) is 0 Å². The molecule has 0 unspecified atom stereocenters. The lowest BCUT2D eigenvalue weighted by Gasteiger charge is -2.10. The molecule has 0 atom stereocenters. The third-order valence-electron chi connectivity index (χ3n) is 3.16. The molecule has 0 heterocycles.